The number of fused-ring (bicyclic) bond motifs is 1. The van der Waals surface area contributed by atoms with Crippen molar-refractivity contribution in [3.8, 4) is 5.75 Å². The zero-order valence-corrected chi connectivity index (χ0v) is 12.0. The third-order valence-electron chi connectivity index (χ3n) is 3.06. The van der Waals surface area contributed by atoms with Crippen LogP contribution in [0.25, 0.3) is 11.0 Å². The molecule has 1 heterocycles. The smallest absolute Gasteiger partial charge is 0.134 e. The summed E-state index contributed by atoms with van der Waals surface area (Å²) >= 11 is 0. The second kappa shape index (κ2) is 6.62. The van der Waals surface area contributed by atoms with Crippen molar-refractivity contribution < 1.29 is 9.15 Å². The molecule has 1 aromatic carbocycles. The van der Waals surface area contributed by atoms with E-state index >= 15 is 0 Å². The van der Waals surface area contributed by atoms with Crippen LogP contribution in [0.1, 0.15) is 26.3 Å². The summed E-state index contributed by atoms with van der Waals surface area (Å²) in [6.07, 6.45) is 2.84. The molecule has 104 valence electrons. The Morgan fingerprint density at radius 2 is 2.16 bits per heavy atom. The van der Waals surface area contributed by atoms with Gasteiger partial charge in [-0.3, -0.25) is 0 Å². The van der Waals surface area contributed by atoms with E-state index in [4.69, 9.17) is 9.15 Å². The largest absolute Gasteiger partial charge is 0.494 e. The molecule has 0 bridgehead atoms. The lowest BCUT2D eigenvalue weighted by Gasteiger charge is -2.06. The Kier molecular flexibility index (Phi) is 4.86. The van der Waals surface area contributed by atoms with Gasteiger partial charge in [0.1, 0.15) is 11.3 Å². The highest BCUT2D eigenvalue weighted by atomic mass is 16.5. The first kappa shape index (κ1) is 13.9. The first-order valence-corrected chi connectivity index (χ1v) is 7.04. The summed E-state index contributed by atoms with van der Waals surface area (Å²) in [7, 11) is 0. The van der Waals surface area contributed by atoms with Crippen molar-refractivity contribution in [1.82, 2.24) is 5.32 Å². The van der Waals surface area contributed by atoms with E-state index in [-0.39, 0.29) is 0 Å². The number of nitrogens with one attached hydrogen (secondary N) is 1. The highest BCUT2D eigenvalue weighted by Gasteiger charge is 2.07. The van der Waals surface area contributed by atoms with Gasteiger partial charge in [0.25, 0.3) is 0 Å². The maximum absolute atomic E-state index is 5.58. The van der Waals surface area contributed by atoms with E-state index in [1.54, 1.807) is 0 Å². The number of hydrogen-bond acceptors (Lipinski definition) is 3. The number of benzene rings is 1. The van der Waals surface area contributed by atoms with Crippen LogP contribution in [-0.2, 0) is 6.42 Å². The molecule has 0 amide bonds. The first-order chi connectivity index (χ1) is 9.20. The predicted octanol–water partition coefficient (Wildman–Crippen LogP) is 3.62. The Morgan fingerprint density at radius 3 is 2.89 bits per heavy atom. The molecule has 3 heteroatoms. The van der Waals surface area contributed by atoms with Gasteiger partial charge < -0.3 is 14.5 Å². The number of rotatable bonds is 7. The summed E-state index contributed by atoms with van der Waals surface area (Å²) in [4.78, 5) is 0. The molecule has 0 saturated carbocycles. The number of ether oxygens (including phenoxy) is 1. The van der Waals surface area contributed by atoms with Crippen LogP contribution in [0.15, 0.2) is 28.9 Å². The molecule has 0 aliphatic carbocycles. The van der Waals surface area contributed by atoms with E-state index in [0.717, 1.165) is 36.2 Å². The van der Waals surface area contributed by atoms with Crippen LogP contribution in [-0.4, -0.2) is 19.7 Å². The lowest BCUT2D eigenvalue weighted by Crippen LogP contribution is -2.21. The number of furan rings is 1. The molecule has 0 aliphatic rings. The van der Waals surface area contributed by atoms with Crippen molar-refractivity contribution in [1.29, 1.82) is 0 Å². The van der Waals surface area contributed by atoms with Gasteiger partial charge in [-0.25, -0.2) is 0 Å². The summed E-state index contributed by atoms with van der Waals surface area (Å²) in [5.74, 6) is 1.60. The fraction of sp³-hybridized carbons (Fsp3) is 0.500. The van der Waals surface area contributed by atoms with Crippen molar-refractivity contribution in [2.24, 2.45) is 5.92 Å². The fourth-order valence-corrected chi connectivity index (χ4v) is 2.12. The van der Waals surface area contributed by atoms with E-state index in [1.165, 1.54) is 5.56 Å². The average molecular weight is 261 g/mol. The van der Waals surface area contributed by atoms with Gasteiger partial charge in [0, 0.05) is 5.39 Å². The van der Waals surface area contributed by atoms with Crippen LogP contribution in [0.3, 0.4) is 0 Å². The molecule has 0 unspecified atom stereocenters. The van der Waals surface area contributed by atoms with Gasteiger partial charge >= 0.3 is 0 Å². The predicted molar refractivity (Wildman–Crippen MR) is 78.8 cm³/mol. The van der Waals surface area contributed by atoms with E-state index in [1.807, 2.05) is 25.3 Å². The molecular formula is C16H23NO2. The van der Waals surface area contributed by atoms with Gasteiger partial charge in [0.2, 0.25) is 0 Å². The topological polar surface area (TPSA) is 34.4 Å². The molecule has 0 saturated heterocycles. The highest BCUT2D eigenvalue weighted by molar-refractivity contribution is 5.82. The van der Waals surface area contributed by atoms with Gasteiger partial charge in [0.05, 0.1) is 12.9 Å². The van der Waals surface area contributed by atoms with Gasteiger partial charge in [-0.15, -0.1) is 0 Å². The minimum atomic E-state index is 0.686. The monoisotopic (exact) mass is 261 g/mol. The molecule has 0 atom stereocenters. The first-order valence-electron chi connectivity index (χ1n) is 7.04. The summed E-state index contributed by atoms with van der Waals surface area (Å²) in [6.45, 7) is 9.15. The molecule has 3 nitrogen and oxygen atoms in total. The van der Waals surface area contributed by atoms with Gasteiger partial charge in [-0.1, -0.05) is 13.8 Å². The summed E-state index contributed by atoms with van der Waals surface area (Å²) in [6, 6.07) is 6.00. The third-order valence-corrected chi connectivity index (χ3v) is 3.06. The minimum Gasteiger partial charge on any atom is -0.494 e. The summed E-state index contributed by atoms with van der Waals surface area (Å²) in [5.41, 5.74) is 2.18. The van der Waals surface area contributed by atoms with Gasteiger partial charge in [0.15, 0.2) is 0 Å². The fourth-order valence-electron chi connectivity index (χ4n) is 2.12. The lowest BCUT2D eigenvalue weighted by atomic mass is 10.1. The van der Waals surface area contributed by atoms with Crippen LogP contribution in [0, 0.1) is 5.92 Å². The molecule has 0 fully saturated rings. The summed E-state index contributed by atoms with van der Waals surface area (Å²) < 4.78 is 11.1. The molecule has 0 radical (unpaired) electrons. The van der Waals surface area contributed by atoms with Crippen molar-refractivity contribution in [3.05, 3.63) is 30.0 Å². The van der Waals surface area contributed by atoms with Crippen LogP contribution >= 0.6 is 0 Å². The van der Waals surface area contributed by atoms with Crippen molar-refractivity contribution >= 4 is 11.0 Å². The second-order valence-electron chi connectivity index (χ2n) is 5.20. The molecule has 0 aliphatic heterocycles. The zero-order valence-electron chi connectivity index (χ0n) is 12.0. The van der Waals surface area contributed by atoms with E-state index in [9.17, 15) is 0 Å². The Bertz CT molecular complexity index is 516. The SMILES string of the molecule is CCOc1ccc2occ(CCNCC(C)C)c2c1. The van der Waals surface area contributed by atoms with Crippen molar-refractivity contribution in [2.75, 3.05) is 19.7 Å². The van der Waals surface area contributed by atoms with Gasteiger partial charge in [-0.2, -0.15) is 0 Å². The quantitative estimate of drug-likeness (QED) is 0.773. The maximum Gasteiger partial charge on any atom is 0.134 e. The molecular weight excluding hydrogens is 238 g/mol. The zero-order chi connectivity index (χ0) is 13.7. The van der Waals surface area contributed by atoms with E-state index in [2.05, 4.69) is 25.2 Å². The number of hydrogen-bond donors (Lipinski definition) is 1. The van der Waals surface area contributed by atoms with Gasteiger partial charge in [-0.05, 0) is 56.1 Å². The van der Waals surface area contributed by atoms with Crippen LogP contribution in [0.2, 0.25) is 0 Å². The Labute approximate surface area is 114 Å². The normalized spacial score (nSPS) is 11.4. The van der Waals surface area contributed by atoms with Crippen molar-refractivity contribution in [3.63, 3.8) is 0 Å². The van der Waals surface area contributed by atoms with Crippen molar-refractivity contribution in [2.45, 2.75) is 27.2 Å². The standard InChI is InChI=1S/C16H23NO2/c1-4-18-14-5-6-16-15(9-14)13(11-19-16)7-8-17-10-12(2)3/h5-6,9,11-12,17H,4,7-8,10H2,1-3H3. The third kappa shape index (κ3) is 3.74. The second-order valence-corrected chi connectivity index (χ2v) is 5.20. The van der Waals surface area contributed by atoms with E-state index in [0.29, 0.717) is 12.5 Å². The summed E-state index contributed by atoms with van der Waals surface area (Å²) in [5, 5.41) is 4.62. The molecule has 2 rings (SSSR count). The molecule has 0 spiro atoms. The molecule has 1 aromatic heterocycles. The van der Waals surface area contributed by atoms with Crippen LogP contribution < -0.4 is 10.1 Å². The Hall–Kier alpha value is -1.48. The van der Waals surface area contributed by atoms with Crippen LogP contribution in [0.5, 0.6) is 5.75 Å². The van der Waals surface area contributed by atoms with Crippen LogP contribution in [0.4, 0.5) is 0 Å². The molecule has 1 N–H and O–H groups in total. The average Bonchev–Trinajstić information content (AvgIpc) is 2.77. The van der Waals surface area contributed by atoms with E-state index < -0.39 is 0 Å². The molecule has 2 aromatic rings. The lowest BCUT2D eigenvalue weighted by molar-refractivity contribution is 0.340. The highest BCUT2D eigenvalue weighted by Crippen LogP contribution is 2.26. The minimum absolute atomic E-state index is 0.686. The Morgan fingerprint density at radius 1 is 1.32 bits per heavy atom. The maximum atomic E-state index is 5.58. The Balaban J connectivity index is 2.03. The molecule has 19 heavy (non-hydrogen) atoms.